The van der Waals surface area contributed by atoms with Crippen LogP contribution in [0.4, 0.5) is 0 Å². The van der Waals surface area contributed by atoms with Gasteiger partial charge in [-0.2, -0.15) is 10.2 Å². The number of H-pyrrole nitrogens is 1. The number of carbonyl (C=O) groups is 1. The third-order valence-corrected chi connectivity index (χ3v) is 5.04. The minimum absolute atomic E-state index is 0.257. The number of methoxy groups -OCH3 is 1. The van der Waals surface area contributed by atoms with Crippen LogP contribution >= 0.6 is 11.6 Å². The number of amides is 1. The third kappa shape index (κ3) is 4.06. The summed E-state index contributed by atoms with van der Waals surface area (Å²) in [7, 11) is 3.43. The molecule has 7 nitrogen and oxygen atoms in total. The van der Waals surface area contributed by atoms with Gasteiger partial charge >= 0.3 is 0 Å². The number of ether oxygens (including phenoxy) is 1. The number of benzene rings is 2. The summed E-state index contributed by atoms with van der Waals surface area (Å²) in [4.78, 5) is 12.7. The number of aromatic amines is 1. The molecule has 0 saturated heterocycles. The van der Waals surface area contributed by atoms with Crippen molar-refractivity contribution in [1.82, 2.24) is 25.3 Å². The lowest BCUT2D eigenvalue weighted by atomic mass is 10.1. The number of hydrogen-bond acceptors (Lipinski definition) is 4. The van der Waals surface area contributed by atoms with Crippen molar-refractivity contribution in [3.05, 3.63) is 77.1 Å². The number of carbonyl (C=O) groups excluding carboxylic acids is 1. The fraction of sp³-hybridized carbons (Fsp3) is 0.136. The zero-order chi connectivity index (χ0) is 21.1. The second kappa shape index (κ2) is 8.42. The van der Waals surface area contributed by atoms with Crippen LogP contribution in [0, 0.1) is 0 Å². The quantitative estimate of drug-likeness (QED) is 0.491. The number of nitrogens with one attached hydrogen (secondary N) is 2. The van der Waals surface area contributed by atoms with E-state index in [9.17, 15) is 4.79 Å². The van der Waals surface area contributed by atoms with Gasteiger partial charge in [0, 0.05) is 29.7 Å². The first-order valence-electron chi connectivity index (χ1n) is 9.30. The van der Waals surface area contributed by atoms with Gasteiger partial charge in [-0.05, 0) is 48.0 Å². The highest BCUT2D eigenvalue weighted by Gasteiger charge is 2.15. The Labute approximate surface area is 178 Å². The number of aryl methyl sites for hydroxylation is 1. The van der Waals surface area contributed by atoms with E-state index in [0.29, 0.717) is 17.3 Å². The Morgan fingerprint density at radius 3 is 2.53 bits per heavy atom. The summed E-state index contributed by atoms with van der Waals surface area (Å²) in [5.41, 5.74) is 4.80. The van der Waals surface area contributed by atoms with Crippen LogP contribution in [0.25, 0.3) is 22.5 Å². The minimum atomic E-state index is -0.257. The number of halogens is 1. The normalized spacial score (nSPS) is 10.8. The van der Waals surface area contributed by atoms with E-state index in [0.717, 1.165) is 33.8 Å². The average Bonchev–Trinajstić information content (AvgIpc) is 3.39. The molecule has 2 heterocycles. The Bertz CT molecular complexity index is 1160. The van der Waals surface area contributed by atoms with Crippen LogP contribution in [0.3, 0.4) is 0 Å². The maximum absolute atomic E-state index is 12.7. The van der Waals surface area contributed by atoms with Crippen molar-refractivity contribution in [1.29, 1.82) is 0 Å². The van der Waals surface area contributed by atoms with Gasteiger partial charge in [-0.3, -0.25) is 14.6 Å². The SMILES string of the molecule is COc1ccc(-c2[nH]ncc2CNC(=O)c2cc(-c3ccc(Cl)cc3)n(C)n2)cc1. The fourth-order valence-corrected chi connectivity index (χ4v) is 3.31. The van der Waals surface area contributed by atoms with Gasteiger partial charge in [0.1, 0.15) is 5.75 Å². The molecule has 0 aliphatic rings. The molecule has 0 fully saturated rings. The monoisotopic (exact) mass is 421 g/mol. The van der Waals surface area contributed by atoms with Gasteiger partial charge in [-0.1, -0.05) is 23.7 Å². The zero-order valence-corrected chi connectivity index (χ0v) is 17.3. The Kier molecular flexibility index (Phi) is 5.54. The van der Waals surface area contributed by atoms with Gasteiger partial charge in [0.15, 0.2) is 5.69 Å². The van der Waals surface area contributed by atoms with E-state index in [1.54, 1.807) is 31.1 Å². The molecule has 4 rings (SSSR count). The number of rotatable bonds is 6. The first-order valence-corrected chi connectivity index (χ1v) is 9.68. The van der Waals surface area contributed by atoms with Crippen molar-refractivity contribution >= 4 is 17.5 Å². The van der Waals surface area contributed by atoms with Crippen LogP contribution in [0.2, 0.25) is 5.02 Å². The molecule has 0 saturated carbocycles. The zero-order valence-electron chi connectivity index (χ0n) is 16.5. The smallest absolute Gasteiger partial charge is 0.272 e. The Balaban J connectivity index is 1.48. The number of aromatic nitrogens is 4. The summed E-state index contributed by atoms with van der Waals surface area (Å²) >= 11 is 5.96. The summed E-state index contributed by atoms with van der Waals surface area (Å²) in [6, 6.07) is 16.8. The highest BCUT2D eigenvalue weighted by Crippen LogP contribution is 2.24. The van der Waals surface area contributed by atoms with Crippen LogP contribution in [-0.2, 0) is 13.6 Å². The summed E-state index contributed by atoms with van der Waals surface area (Å²) in [5.74, 6) is 0.521. The van der Waals surface area contributed by atoms with Crippen molar-refractivity contribution in [2.75, 3.05) is 7.11 Å². The molecular weight excluding hydrogens is 402 g/mol. The lowest BCUT2D eigenvalue weighted by molar-refractivity contribution is 0.0945. The Morgan fingerprint density at radius 1 is 1.13 bits per heavy atom. The van der Waals surface area contributed by atoms with Gasteiger partial charge in [0.05, 0.1) is 24.7 Å². The van der Waals surface area contributed by atoms with Crippen LogP contribution in [0.1, 0.15) is 16.1 Å². The molecule has 0 spiro atoms. The van der Waals surface area contributed by atoms with E-state index < -0.39 is 0 Å². The van der Waals surface area contributed by atoms with Crippen LogP contribution in [0.15, 0.2) is 60.8 Å². The van der Waals surface area contributed by atoms with Crippen LogP contribution in [0.5, 0.6) is 5.75 Å². The number of hydrogen-bond donors (Lipinski definition) is 2. The van der Waals surface area contributed by atoms with Gasteiger partial charge in [0.2, 0.25) is 0 Å². The molecule has 8 heteroatoms. The van der Waals surface area contributed by atoms with E-state index in [-0.39, 0.29) is 5.91 Å². The maximum Gasteiger partial charge on any atom is 0.272 e. The van der Waals surface area contributed by atoms with Crippen molar-refractivity contribution in [3.63, 3.8) is 0 Å². The van der Waals surface area contributed by atoms with E-state index in [1.807, 2.05) is 48.5 Å². The average molecular weight is 422 g/mol. The lowest BCUT2D eigenvalue weighted by Gasteiger charge is -2.06. The summed E-state index contributed by atoms with van der Waals surface area (Å²) in [6.07, 6.45) is 1.71. The van der Waals surface area contributed by atoms with E-state index in [2.05, 4.69) is 20.6 Å². The molecule has 0 bridgehead atoms. The largest absolute Gasteiger partial charge is 0.497 e. The van der Waals surface area contributed by atoms with Gasteiger partial charge in [-0.15, -0.1) is 0 Å². The summed E-state index contributed by atoms with van der Waals surface area (Å²) < 4.78 is 6.88. The van der Waals surface area contributed by atoms with E-state index in [4.69, 9.17) is 16.3 Å². The third-order valence-electron chi connectivity index (χ3n) is 4.79. The van der Waals surface area contributed by atoms with Gasteiger partial charge < -0.3 is 10.1 Å². The molecule has 0 unspecified atom stereocenters. The van der Waals surface area contributed by atoms with Crippen molar-refractivity contribution < 1.29 is 9.53 Å². The molecule has 4 aromatic rings. The van der Waals surface area contributed by atoms with Gasteiger partial charge in [0.25, 0.3) is 5.91 Å². The van der Waals surface area contributed by atoms with Crippen LogP contribution < -0.4 is 10.1 Å². The molecular formula is C22H20ClN5O2. The molecule has 30 heavy (non-hydrogen) atoms. The first kappa shape index (κ1) is 19.7. The highest BCUT2D eigenvalue weighted by atomic mass is 35.5. The predicted octanol–water partition coefficient (Wildman–Crippen LogP) is 4.07. The van der Waals surface area contributed by atoms with Crippen molar-refractivity contribution in [2.45, 2.75) is 6.54 Å². The Morgan fingerprint density at radius 2 is 1.83 bits per heavy atom. The molecule has 0 aliphatic carbocycles. The highest BCUT2D eigenvalue weighted by molar-refractivity contribution is 6.30. The first-order chi connectivity index (χ1) is 14.5. The summed E-state index contributed by atoms with van der Waals surface area (Å²) in [6.45, 7) is 0.323. The minimum Gasteiger partial charge on any atom is -0.497 e. The summed E-state index contributed by atoms with van der Waals surface area (Å²) in [5, 5.41) is 15.0. The molecule has 2 aromatic carbocycles. The fourth-order valence-electron chi connectivity index (χ4n) is 3.19. The van der Waals surface area contributed by atoms with Gasteiger partial charge in [-0.25, -0.2) is 0 Å². The molecule has 2 aromatic heterocycles. The Hall–Kier alpha value is -3.58. The molecule has 152 valence electrons. The second-order valence-electron chi connectivity index (χ2n) is 6.73. The second-order valence-corrected chi connectivity index (χ2v) is 7.16. The molecule has 0 atom stereocenters. The molecule has 0 aliphatic heterocycles. The topological polar surface area (TPSA) is 84.8 Å². The maximum atomic E-state index is 12.7. The molecule has 0 radical (unpaired) electrons. The van der Waals surface area contributed by atoms with E-state index >= 15 is 0 Å². The van der Waals surface area contributed by atoms with Crippen LogP contribution in [-0.4, -0.2) is 33.0 Å². The standard InChI is InChI=1S/C22H20ClN5O2/c1-28-20(14-3-7-17(23)8-4-14)11-19(27-28)22(29)24-12-16-13-25-26-21(16)15-5-9-18(30-2)10-6-15/h3-11,13H,12H2,1-2H3,(H,24,29)(H,25,26). The molecule has 2 N–H and O–H groups in total. The van der Waals surface area contributed by atoms with E-state index in [1.165, 1.54) is 0 Å². The predicted molar refractivity (Wildman–Crippen MR) is 115 cm³/mol. The molecule has 1 amide bonds. The van der Waals surface area contributed by atoms with Crippen molar-refractivity contribution in [2.24, 2.45) is 7.05 Å². The lowest BCUT2D eigenvalue weighted by Crippen LogP contribution is -2.23. The van der Waals surface area contributed by atoms with Crippen molar-refractivity contribution in [3.8, 4) is 28.3 Å². The number of nitrogens with zero attached hydrogens (tertiary/aromatic N) is 3.